The molecular formula is C9H10IN3O. The predicted molar refractivity (Wildman–Crippen MR) is 61.9 cm³/mol. The number of fused-ring (bicyclic) bond motifs is 1. The van der Waals surface area contributed by atoms with Gasteiger partial charge in [-0.1, -0.05) is 5.21 Å². The van der Waals surface area contributed by atoms with Crippen LogP contribution in [0.2, 0.25) is 0 Å². The number of nitrogens with zero attached hydrogens (tertiary/aromatic N) is 3. The van der Waals surface area contributed by atoms with E-state index in [9.17, 15) is 0 Å². The largest absolute Gasteiger partial charge is 0.396 e. The highest BCUT2D eigenvalue weighted by atomic mass is 127. The van der Waals surface area contributed by atoms with Gasteiger partial charge in [-0.05, 0) is 47.2 Å². The van der Waals surface area contributed by atoms with Crippen molar-refractivity contribution in [3.8, 4) is 0 Å². The molecule has 1 aromatic carbocycles. The van der Waals surface area contributed by atoms with E-state index in [4.69, 9.17) is 5.11 Å². The highest BCUT2D eigenvalue weighted by molar-refractivity contribution is 14.1. The fourth-order valence-electron chi connectivity index (χ4n) is 1.32. The van der Waals surface area contributed by atoms with E-state index in [0.29, 0.717) is 13.0 Å². The van der Waals surface area contributed by atoms with E-state index < -0.39 is 0 Å². The predicted octanol–water partition coefficient (Wildman–Crippen LogP) is 1.42. The van der Waals surface area contributed by atoms with E-state index in [-0.39, 0.29) is 6.61 Å². The first kappa shape index (κ1) is 9.85. The standard InChI is InChI=1S/C9H10IN3O/c10-7-2-3-8-9(6-7)13(12-11-8)4-1-5-14/h2-3,6,14H,1,4-5H2. The molecule has 14 heavy (non-hydrogen) atoms. The molecule has 1 aromatic heterocycles. The third-order valence-corrected chi connectivity index (χ3v) is 2.67. The number of hydrogen-bond acceptors (Lipinski definition) is 3. The molecule has 0 saturated carbocycles. The van der Waals surface area contributed by atoms with E-state index in [1.54, 1.807) is 0 Å². The Balaban J connectivity index is 2.40. The molecule has 0 saturated heterocycles. The number of halogens is 1. The zero-order valence-electron chi connectivity index (χ0n) is 7.52. The minimum atomic E-state index is 0.186. The lowest BCUT2D eigenvalue weighted by Crippen LogP contribution is -2.02. The second-order valence-electron chi connectivity index (χ2n) is 3.02. The summed E-state index contributed by atoms with van der Waals surface area (Å²) >= 11 is 2.26. The van der Waals surface area contributed by atoms with Gasteiger partial charge in [0.1, 0.15) is 5.52 Å². The molecule has 0 fully saturated rings. The van der Waals surface area contributed by atoms with Crippen molar-refractivity contribution in [2.75, 3.05) is 6.61 Å². The molecule has 0 radical (unpaired) electrons. The molecule has 4 nitrogen and oxygen atoms in total. The van der Waals surface area contributed by atoms with Crippen LogP contribution in [0.3, 0.4) is 0 Å². The average Bonchev–Trinajstić information content (AvgIpc) is 2.57. The fourth-order valence-corrected chi connectivity index (χ4v) is 1.80. The summed E-state index contributed by atoms with van der Waals surface area (Å²) in [6, 6.07) is 6.01. The Labute approximate surface area is 95.1 Å². The quantitative estimate of drug-likeness (QED) is 0.873. The van der Waals surface area contributed by atoms with Gasteiger partial charge in [0.15, 0.2) is 0 Å². The molecule has 1 heterocycles. The molecule has 74 valence electrons. The minimum absolute atomic E-state index is 0.186. The van der Waals surface area contributed by atoms with Crippen LogP contribution < -0.4 is 0 Å². The number of rotatable bonds is 3. The second kappa shape index (κ2) is 4.22. The number of aliphatic hydroxyl groups is 1. The summed E-state index contributed by atoms with van der Waals surface area (Å²) in [5.41, 5.74) is 1.94. The third-order valence-electron chi connectivity index (χ3n) is 2.00. The van der Waals surface area contributed by atoms with Crippen molar-refractivity contribution in [2.24, 2.45) is 0 Å². The first-order chi connectivity index (χ1) is 6.81. The smallest absolute Gasteiger partial charge is 0.113 e. The van der Waals surface area contributed by atoms with Gasteiger partial charge in [0.2, 0.25) is 0 Å². The summed E-state index contributed by atoms with van der Waals surface area (Å²) in [4.78, 5) is 0. The van der Waals surface area contributed by atoms with E-state index in [0.717, 1.165) is 11.0 Å². The maximum Gasteiger partial charge on any atom is 0.113 e. The Hall–Kier alpha value is -0.690. The van der Waals surface area contributed by atoms with Crippen molar-refractivity contribution in [3.05, 3.63) is 21.8 Å². The highest BCUT2D eigenvalue weighted by Crippen LogP contribution is 2.14. The van der Waals surface area contributed by atoms with Gasteiger partial charge in [-0.15, -0.1) is 5.10 Å². The Morgan fingerprint density at radius 1 is 1.43 bits per heavy atom. The van der Waals surface area contributed by atoms with Gasteiger partial charge >= 0.3 is 0 Å². The Kier molecular flexibility index (Phi) is 2.97. The Morgan fingerprint density at radius 3 is 3.07 bits per heavy atom. The number of aromatic nitrogens is 3. The summed E-state index contributed by atoms with van der Waals surface area (Å²) in [5, 5.41) is 16.8. The summed E-state index contributed by atoms with van der Waals surface area (Å²) in [6.07, 6.45) is 0.712. The number of aryl methyl sites for hydroxylation is 1. The van der Waals surface area contributed by atoms with Crippen LogP contribution in [0.4, 0.5) is 0 Å². The molecule has 0 bridgehead atoms. The van der Waals surface area contributed by atoms with E-state index in [2.05, 4.69) is 32.9 Å². The molecule has 1 N–H and O–H groups in total. The molecule has 0 amide bonds. The molecule has 0 aliphatic heterocycles. The zero-order chi connectivity index (χ0) is 9.97. The van der Waals surface area contributed by atoms with Gasteiger partial charge in [0, 0.05) is 16.7 Å². The molecule has 0 aliphatic carbocycles. The van der Waals surface area contributed by atoms with Crippen LogP contribution in [0.15, 0.2) is 18.2 Å². The monoisotopic (exact) mass is 303 g/mol. The summed E-state index contributed by atoms with van der Waals surface area (Å²) in [7, 11) is 0. The lowest BCUT2D eigenvalue weighted by atomic mass is 10.3. The van der Waals surface area contributed by atoms with Crippen molar-refractivity contribution in [1.82, 2.24) is 15.0 Å². The van der Waals surface area contributed by atoms with E-state index in [1.165, 1.54) is 3.57 Å². The minimum Gasteiger partial charge on any atom is -0.396 e. The highest BCUT2D eigenvalue weighted by Gasteiger charge is 2.03. The van der Waals surface area contributed by atoms with Crippen molar-refractivity contribution >= 4 is 33.6 Å². The third kappa shape index (κ3) is 1.88. The molecular weight excluding hydrogens is 293 g/mol. The molecule has 0 atom stereocenters. The van der Waals surface area contributed by atoms with Crippen LogP contribution in [0.25, 0.3) is 11.0 Å². The zero-order valence-corrected chi connectivity index (χ0v) is 9.68. The molecule has 2 rings (SSSR count). The van der Waals surface area contributed by atoms with Gasteiger partial charge in [0.25, 0.3) is 0 Å². The number of benzene rings is 1. The first-order valence-electron chi connectivity index (χ1n) is 4.41. The van der Waals surface area contributed by atoms with Gasteiger partial charge in [-0.25, -0.2) is 4.68 Å². The SMILES string of the molecule is OCCCn1nnc2ccc(I)cc21. The van der Waals surface area contributed by atoms with E-state index >= 15 is 0 Å². The number of aliphatic hydroxyl groups excluding tert-OH is 1. The first-order valence-corrected chi connectivity index (χ1v) is 5.49. The van der Waals surface area contributed by atoms with Crippen LogP contribution in [-0.4, -0.2) is 26.7 Å². The molecule has 0 aliphatic rings. The van der Waals surface area contributed by atoms with Crippen LogP contribution in [0.5, 0.6) is 0 Å². The van der Waals surface area contributed by atoms with Crippen molar-refractivity contribution in [2.45, 2.75) is 13.0 Å². The second-order valence-corrected chi connectivity index (χ2v) is 4.27. The number of hydrogen-bond donors (Lipinski definition) is 1. The summed E-state index contributed by atoms with van der Waals surface area (Å²) in [5.74, 6) is 0. The van der Waals surface area contributed by atoms with Crippen LogP contribution in [-0.2, 0) is 6.54 Å². The van der Waals surface area contributed by atoms with Gasteiger partial charge < -0.3 is 5.11 Å². The Bertz CT molecular complexity index is 441. The van der Waals surface area contributed by atoms with Gasteiger partial charge in [0.05, 0.1) is 5.52 Å². The lowest BCUT2D eigenvalue weighted by Gasteiger charge is -1.99. The summed E-state index contributed by atoms with van der Waals surface area (Å²) in [6.45, 7) is 0.901. The summed E-state index contributed by atoms with van der Waals surface area (Å²) < 4.78 is 3.00. The van der Waals surface area contributed by atoms with Crippen LogP contribution in [0, 0.1) is 3.57 Å². The maximum absolute atomic E-state index is 8.73. The Morgan fingerprint density at radius 2 is 2.29 bits per heavy atom. The van der Waals surface area contributed by atoms with Gasteiger partial charge in [-0.3, -0.25) is 0 Å². The van der Waals surface area contributed by atoms with Crippen LogP contribution >= 0.6 is 22.6 Å². The molecule has 0 spiro atoms. The topological polar surface area (TPSA) is 50.9 Å². The molecule has 0 unspecified atom stereocenters. The molecule has 5 heteroatoms. The van der Waals surface area contributed by atoms with Crippen LogP contribution in [0.1, 0.15) is 6.42 Å². The van der Waals surface area contributed by atoms with Crippen molar-refractivity contribution < 1.29 is 5.11 Å². The normalized spacial score (nSPS) is 11.0. The lowest BCUT2D eigenvalue weighted by molar-refractivity contribution is 0.277. The maximum atomic E-state index is 8.73. The molecule has 2 aromatic rings. The van der Waals surface area contributed by atoms with Gasteiger partial charge in [-0.2, -0.15) is 0 Å². The van der Waals surface area contributed by atoms with Crippen molar-refractivity contribution in [3.63, 3.8) is 0 Å². The van der Waals surface area contributed by atoms with E-state index in [1.807, 2.05) is 22.9 Å². The fraction of sp³-hybridized carbons (Fsp3) is 0.333. The van der Waals surface area contributed by atoms with Crippen molar-refractivity contribution in [1.29, 1.82) is 0 Å². The average molecular weight is 303 g/mol.